The summed E-state index contributed by atoms with van der Waals surface area (Å²) in [6.45, 7) is 2.72. The normalized spacial score (nSPS) is 10.2. The summed E-state index contributed by atoms with van der Waals surface area (Å²) in [5.74, 6) is 0.946. The van der Waals surface area contributed by atoms with Crippen molar-refractivity contribution in [3.63, 3.8) is 0 Å². The minimum Gasteiger partial charge on any atom is -0.490 e. The Bertz CT molecular complexity index is 643. The van der Waals surface area contributed by atoms with Crippen LogP contribution in [-0.4, -0.2) is 12.9 Å². The monoisotopic (exact) mass is 416 g/mol. The van der Waals surface area contributed by atoms with Gasteiger partial charge in [-0.2, -0.15) is 0 Å². The van der Waals surface area contributed by atoms with Crippen molar-refractivity contribution < 1.29 is 14.3 Å². The molecule has 0 fully saturated rings. The molecule has 0 saturated heterocycles. The molecule has 0 heterocycles. The van der Waals surface area contributed by atoms with Gasteiger partial charge < -0.3 is 9.47 Å². The largest absolute Gasteiger partial charge is 0.490 e. The lowest BCUT2D eigenvalue weighted by Gasteiger charge is -2.14. The summed E-state index contributed by atoms with van der Waals surface area (Å²) < 4.78 is 12.4. The van der Waals surface area contributed by atoms with Gasteiger partial charge in [-0.05, 0) is 47.7 Å². The summed E-state index contributed by atoms with van der Waals surface area (Å²) in [5, 5.41) is 0.369. The van der Waals surface area contributed by atoms with Crippen molar-refractivity contribution in [3.8, 4) is 11.5 Å². The summed E-state index contributed by atoms with van der Waals surface area (Å²) in [6.07, 6.45) is 0.734. The molecule has 0 radical (unpaired) electrons. The highest BCUT2D eigenvalue weighted by atomic mass is 127. The van der Waals surface area contributed by atoms with E-state index < -0.39 is 0 Å². The third-order valence-electron chi connectivity index (χ3n) is 2.80. The molecule has 0 atom stereocenters. The van der Waals surface area contributed by atoms with Crippen LogP contribution >= 0.6 is 34.2 Å². The van der Waals surface area contributed by atoms with Crippen LogP contribution in [0, 0.1) is 3.57 Å². The highest BCUT2D eigenvalue weighted by molar-refractivity contribution is 14.1. The number of rotatable bonds is 6. The molecule has 2 rings (SSSR count). The van der Waals surface area contributed by atoms with Crippen LogP contribution in [0.5, 0.6) is 11.5 Å². The number of carbonyl (C=O) groups is 1. The van der Waals surface area contributed by atoms with Gasteiger partial charge >= 0.3 is 0 Å². The third-order valence-corrected chi connectivity index (χ3v) is 4.13. The maximum absolute atomic E-state index is 10.9. The number of hydrogen-bond acceptors (Lipinski definition) is 3. The summed E-state index contributed by atoms with van der Waals surface area (Å²) in [5.41, 5.74) is 1.53. The Morgan fingerprint density at radius 1 is 1.24 bits per heavy atom. The Hall–Kier alpha value is -1.27. The quantitative estimate of drug-likeness (QED) is 0.504. The van der Waals surface area contributed by atoms with Gasteiger partial charge in [0.25, 0.3) is 0 Å². The first-order valence-corrected chi connectivity index (χ1v) is 7.89. The van der Waals surface area contributed by atoms with Crippen LogP contribution in [0.3, 0.4) is 0 Å². The zero-order valence-corrected chi connectivity index (χ0v) is 14.3. The molecule has 21 heavy (non-hydrogen) atoms. The van der Waals surface area contributed by atoms with E-state index in [0.29, 0.717) is 35.3 Å². The topological polar surface area (TPSA) is 35.5 Å². The van der Waals surface area contributed by atoms with Crippen molar-refractivity contribution >= 4 is 40.5 Å². The lowest BCUT2D eigenvalue weighted by Crippen LogP contribution is -2.02. The zero-order chi connectivity index (χ0) is 15.2. The van der Waals surface area contributed by atoms with Crippen LogP contribution in [0.4, 0.5) is 0 Å². The molecule has 0 N–H and O–H groups in total. The SMILES string of the molecule is CCOc1cc(C=O)cc(Cl)c1OCc1ccccc1I. The molecule has 5 heteroatoms. The van der Waals surface area contributed by atoms with Gasteiger partial charge in [-0.25, -0.2) is 0 Å². The van der Waals surface area contributed by atoms with Crippen LogP contribution in [0.25, 0.3) is 0 Å². The summed E-state index contributed by atoms with van der Waals surface area (Å²) in [6, 6.07) is 11.1. The highest BCUT2D eigenvalue weighted by Crippen LogP contribution is 2.37. The molecule has 0 amide bonds. The molecular weight excluding hydrogens is 403 g/mol. The molecule has 0 aromatic heterocycles. The molecule has 0 saturated carbocycles. The van der Waals surface area contributed by atoms with E-state index in [-0.39, 0.29) is 0 Å². The van der Waals surface area contributed by atoms with E-state index in [1.165, 1.54) is 0 Å². The van der Waals surface area contributed by atoms with Crippen molar-refractivity contribution in [2.24, 2.45) is 0 Å². The van der Waals surface area contributed by atoms with Gasteiger partial charge in [0.2, 0.25) is 0 Å². The third kappa shape index (κ3) is 4.11. The molecule has 0 aliphatic carbocycles. The number of hydrogen-bond donors (Lipinski definition) is 0. The fourth-order valence-electron chi connectivity index (χ4n) is 1.82. The second-order valence-electron chi connectivity index (χ2n) is 4.26. The van der Waals surface area contributed by atoms with E-state index in [2.05, 4.69) is 22.6 Å². The number of halogens is 2. The first-order chi connectivity index (χ1) is 10.2. The molecule has 3 nitrogen and oxygen atoms in total. The molecule has 0 aliphatic heterocycles. The molecule has 0 spiro atoms. The summed E-state index contributed by atoms with van der Waals surface area (Å²) in [7, 11) is 0. The average Bonchev–Trinajstić information content (AvgIpc) is 2.48. The Labute approximate surface area is 142 Å². The number of aldehydes is 1. The van der Waals surface area contributed by atoms with Crippen LogP contribution in [-0.2, 0) is 6.61 Å². The smallest absolute Gasteiger partial charge is 0.180 e. The van der Waals surface area contributed by atoms with E-state index in [1.54, 1.807) is 12.1 Å². The van der Waals surface area contributed by atoms with Crippen molar-refractivity contribution in [1.82, 2.24) is 0 Å². The Balaban J connectivity index is 2.26. The number of carbonyl (C=O) groups excluding carboxylic acids is 1. The molecule has 0 unspecified atom stereocenters. The van der Waals surface area contributed by atoms with E-state index in [9.17, 15) is 4.79 Å². The van der Waals surface area contributed by atoms with Gasteiger partial charge in [-0.1, -0.05) is 29.8 Å². The summed E-state index contributed by atoms with van der Waals surface area (Å²) >= 11 is 8.45. The fraction of sp³-hybridized carbons (Fsp3) is 0.188. The first-order valence-electron chi connectivity index (χ1n) is 6.43. The van der Waals surface area contributed by atoms with Crippen molar-refractivity contribution in [1.29, 1.82) is 0 Å². The van der Waals surface area contributed by atoms with E-state index in [0.717, 1.165) is 15.4 Å². The molecular formula is C16H14ClIO3. The molecule has 2 aromatic carbocycles. The van der Waals surface area contributed by atoms with Crippen LogP contribution in [0.2, 0.25) is 5.02 Å². The van der Waals surface area contributed by atoms with E-state index >= 15 is 0 Å². The molecule has 0 bridgehead atoms. The van der Waals surface area contributed by atoms with Gasteiger partial charge in [0.1, 0.15) is 12.9 Å². The first kappa shape index (κ1) is 16.1. The maximum atomic E-state index is 10.9. The van der Waals surface area contributed by atoms with Crippen LogP contribution in [0.1, 0.15) is 22.8 Å². The molecule has 110 valence electrons. The van der Waals surface area contributed by atoms with Crippen molar-refractivity contribution in [3.05, 3.63) is 56.1 Å². The maximum Gasteiger partial charge on any atom is 0.180 e. The zero-order valence-electron chi connectivity index (χ0n) is 11.4. The summed E-state index contributed by atoms with van der Waals surface area (Å²) in [4.78, 5) is 10.9. The molecule has 2 aromatic rings. The van der Waals surface area contributed by atoms with Crippen molar-refractivity contribution in [2.45, 2.75) is 13.5 Å². The van der Waals surface area contributed by atoms with E-state index in [1.807, 2.05) is 31.2 Å². The Kier molecular flexibility index (Phi) is 5.87. The number of ether oxygens (including phenoxy) is 2. The van der Waals surface area contributed by atoms with E-state index in [4.69, 9.17) is 21.1 Å². The minimum absolute atomic E-state index is 0.369. The minimum atomic E-state index is 0.369. The van der Waals surface area contributed by atoms with Gasteiger partial charge in [0.05, 0.1) is 11.6 Å². The second kappa shape index (κ2) is 7.66. The van der Waals surface area contributed by atoms with Crippen LogP contribution in [0.15, 0.2) is 36.4 Å². The highest BCUT2D eigenvalue weighted by Gasteiger charge is 2.13. The lowest BCUT2D eigenvalue weighted by atomic mass is 10.2. The predicted molar refractivity (Wildman–Crippen MR) is 91.5 cm³/mol. The van der Waals surface area contributed by atoms with Gasteiger partial charge in [0, 0.05) is 14.7 Å². The van der Waals surface area contributed by atoms with Crippen LogP contribution < -0.4 is 9.47 Å². The van der Waals surface area contributed by atoms with Gasteiger partial charge in [-0.3, -0.25) is 4.79 Å². The lowest BCUT2D eigenvalue weighted by molar-refractivity contribution is 0.112. The average molecular weight is 417 g/mol. The standard InChI is InChI=1S/C16H14ClIO3/c1-2-20-15-8-11(9-19)7-13(17)16(15)21-10-12-5-3-4-6-14(12)18/h3-9H,2,10H2,1H3. The Morgan fingerprint density at radius 2 is 2.00 bits per heavy atom. The van der Waals surface area contributed by atoms with Gasteiger partial charge in [-0.15, -0.1) is 0 Å². The molecule has 0 aliphatic rings. The Morgan fingerprint density at radius 3 is 2.67 bits per heavy atom. The fourth-order valence-corrected chi connectivity index (χ4v) is 2.64. The van der Waals surface area contributed by atoms with Crippen molar-refractivity contribution in [2.75, 3.05) is 6.61 Å². The predicted octanol–water partition coefficient (Wildman–Crippen LogP) is 4.73. The van der Waals surface area contributed by atoms with Gasteiger partial charge in [0.15, 0.2) is 11.5 Å². The number of benzene rings is 2. The second-order valence-corrected chi connectivity index (χ2v) is 5.83.